The van der Waals surface area contributed by atoms with Crippen molar-refractivity contribution >= 4 is 17.3 Å². The van der Waals surface area contributed by atoms with Gasteiger partial charge < -0.3 is 16.4 Å². The molecule has 2 heterocycles. The van der Waals surface area contributed by atoms with Crippen LogP contribution in [-0.2, 0) is 0 Å². The van der Waals surface area contributed by atoms with Gasteiger partial charge in [-0.05, 0) is 62.1 Å². The summed E-state index contributed by atoms with van der Waals surface area (Å²) in [5, 5.41) is 0. The molecule has 5 nitrogen and oxygen atoms in total. The minimum absolute atomic E-state index is 0.00852. The fraction of sp³-hybridized carbons (Fsp3) is 0.238. The van der Waals surface area contributed by atoms with E-state index in [4.69, 9.17) is 11.5 Å². The third kappa shape index (κ3) is 4.22. The molecule has 132 valence electrons. The molecule has 0 radical (unpaired) electrons. The van der Waals surface area contributed by atoms with Crippen LogP contribution in [0, 0.1) is 18.8 Å². The lowest BCUT2D eigenvalue weighted by Crippen LogP contribution is -2.36. The lowest BCUT2D eigenvalue weighted by molar-refractivity contribution is 0.0743. The maximum absolute atomic E-state index is 12.6. The van der Waals surface area contributed by atoms with Crippen molar-refractivity contribution in [2.75, 3.05) is 24.6 Å². The van der Waals surface area contributed by atoms with Crippen LogP contribution in [-0.4, -0.2) is 28.9 Å². The third-order valence-electron chi connectivity index (χ3n) is 4.39. The average Bonchev–Trinajstić information content (AvgIpc) is 2.64. The number of aryl methyl sites for hydroxylation is 1. The van der Waals surface area contributed by atoms with Gasteiger partial charge in [0.2, 0.25) is 0 Å². The van der Waals surface area contributed by atoms with Crippen LogP contribution < -0.4 is 11.5 Å². The van der Waals surface area contributed by atoms with Gasteiger partial charge in [0.1, 0.15) is 5.69 Å². The molecule has 0 unspecified atom stereocenters. The fourth-order valence-electron chi connectivity index (χ4n) is 2.86. The second kappa shape index (κ2) is 7.75. The van der Waals surface area contributed by atoms with Crippen LogP contribution in [0.25, 0.3) is 0 Å². The number of anilines is 2. The Morgan fingerprint density at radius 3 is 2.62 bits per heavy atom. The van der Waals surface area contributed by atoms with E-state index in [1.807, 2.05) is 36.1 Å². The van der Waals surface area contributed by atoms with Crippen molar-refractivity contribution in [2.45, 2.75) is 19.8 Å². The van der Waals surface area contributed by atoms with E-state index < -0.39 is 0 Å². The quantitative estimate of drug-likeness (QED) is 0.614. The molecule has 1 aromatic heterocycles. The highest BCUT2D eigenvalue weighted by Crippen LogP contribution is 2.21. The van der Waals surface area contributed by atoms with Gasteiger partial charge >= 0.3 is 0 Å². The number of nitrogens with zero attached hydrogens (tertiary/aromatic N) is 2. The van der Waals surface area contributed by atoms with Crippen molar-refractivity contribution in [3.05, 3.63) is 65.0 Å². The Balaban J connectivity index is 1.60. The van der Waals surface area contributed by atoms with Gasteiger partial charge in [-0.15, -0.1) is 0 Å². The van der Waals surface area contributed by atoms with Crippen molar-refractivity contribution in [3.63, 3.8) is 0 Å². The normalized spacial score (nSPS) is 13.7. The number of carbonyl (C=O) groups is 1. The molecule has 1 fully saturated rings. The maximum atomic E-state index is 12.6. The summed E-state index contributed by atoms with van der Waals surface area (Å²) in [5.74, 6) is 6.13. The number of nitrogen functional groups attached to an aromatic ring is 2. The van der Waals surface area contributed by atoms with Crippen molar-refractivity contribution < 1.29 is 4.79 Å². The highest BCUT2D eigenvalue weighted by Gasteiger charge is 2.20. The number of hydrogen-bond donors (Lipinski definition) is 2. The summed E-state index contributed by atoms with van der Waals surface area (Å²) in [6.45, 7) is 3.31. The summed E-state index contributed by atoms with van der Waals surface area (Å²) in [6, 6.07) is 10.8. The Hall–Kier alpha value is -3.26. The first-order valence-electron chi connectivity index (χ1n) is 8.60. The number of pyridine rings is 1. The second-order valence-electron chi connectivity index (χ2n) is 6.37. The Morgan fingerprint density at radius 2 is 1.92 bits per heavy atom. The van der Waals surface area contributed by atoms with Gasteiger partial charge in [0.05, 0.1) is 11.4 Å². The highest BCUT2D eigenvalue weighted by molar-refractivity contribution is 5.96. The van der Waals surface area contributed by atoms with Crippen LogP contribution in [0.1, 0.15) is 34.6 Å². The second-order valence-corrected chi connectivity index (χ2v) is 6.37. The largest absolute Gasteiger partial charge is 0.397 e. The van der Waals surface area contributed by atoms with Gasteiger partial charge in [-0.25, -0.2) is 4.98 Å². The SMILES string of the molecule is Cc1cccc(C#CC=C2CCN(C(=O)c3ccc(N)c(N)c3)CC2)n1. The number of hydrogen-bond acceptors (Lipinski definition) is 4. The Kier molecular flexibility index (Phi) is 5.23. The third-order valence-corrected chi connectivity index (χ3v) is 4.39. The molecule has 2 aromatic rings. The van der Waals surface area contributed by atoms with Gasteiger partial charge in [-0.3, -0.25) is 4.79 Å². The number of carbonyl (C=O) groups excluding carboxylic acids is 1. The summed E-state index contributed by atoms with van der Waals surface area (Å²) in [7, 11) is 0. The van der Waals surface area contributed by atoms with Crippen molar-refractivity contribution in [1.82, 2.24) is 9.88 Å². The number of allylic oxidation sites excluding steroid dienone is 1. The number of nitrogens with two attached hydrogens (primary N) is 2. The van der Waals surface area contributed by atoms with E-state index >= 15 is 0 Å². The summed E-state index contributed by atoms with van der Waals surface area (Å²) >= 11 is 0. The van der Waals surface area contributed by atoms with Crippen LogP contribution in [0.3, 0.4) is 0 Å². The topological polar surface area (TPSA) is 85.2 Å². The zero-order chi connectivity index (χ0) is 18.5. The van der Waals surface area contributed by atoms with E-state index in [9.17, 15) is 4.79 Å². The number of benzene rings is 1. The van der Waals surface area contributed by atoms with Gasteiger partial charge in [0.15, 0.2) is 0 Å². The summed E-state index contributed by atoms with van der Waals surface area (Å²) in [6.07, 6.45) is 3.60. The molecule has 26 heavy (non-hydrogen) atoms. The Morgan fingerprint density at radius 1 is 1.15 bits per heavy atom. The maximum Gasteiger partial charge on any atom is 0.253 e. The molecule has 0 atom stereocenters. The number of piperidine rings is 1. The first-order valence-corrected chi connectivity index (χ1v) is 8.60. The highest BCUT2D eigenvalue weighted by atomic mass is 16.2. The minimum Gasteiger partial charge on any atom is -0.397 e. The lowest BCUT2D eigenvalue weighted by atomic mass is 10.0. The van der Waals surface area contributed by atoms with Crippen LogP contribution in [0.4, 0.5) is 11.4 Å². The van der Waals surface area contributed by atoms with Crippen molar-refractivity contribution in [1.29, 1.82) is 0 Å². The van der Waals surface area contributed by atoms with E-state index in [0.29, 0.717) is 30.0 Å². The average molecular weight is 346 g/mol. The Labute approximate surface area is 153 Å². The van der Waals surface area contributed by atoms with E-state index in [1.165, 1.54) is 5.57 Å². The van der Waals surface area contributed by atoms with Crippen LogP contribution in [0.2, 0.25) is 0 Å². The molecule has 1 amide bonds. The Bertz CT molecular complexity index is 911. The summed E-state index contributed by atoms with van der Waals surface area (Å²) in [5.41, 5.74) is 16.0. The number of amides is 1. The molecule has 1 aliphatic heterocycles. The lowest BCUT2D eigenvalue weighted by Gasteiger charge is -2.28. The van der Waals surface area contributed by atoms with Crippen LogP contribution in [0.5, 0.6) is 0 Å². The smallest absolute Gasteiger partial charge is 0.253 e. The molecule has 0 saturated carbocycles. The molecule has 0 aliphatic carbocycles. The van der Waals surface area contributed by atoms with Gasteiger partial charge in [-0.2, -0.15) is 0 Å². The predicted molar refractivity (Wildman–Crippen MR) is 104 cm³/mol. The summed E-state index contributed by atoms with van der Waals surface area (Å²) < 4.78 is 0. The predicted octanol–water partition coefficient (Wildman–Crippen LogP) is 2.77. The van der Waals surface area contributed by atoms with Crippen LogP contribution in [0.15, 0.2) is 48.0 Å². The van der Waals surface area contributed by atoms with E-state index in [-0.39, 0.29) is 5.91 Å². The molecule has 0 spiro atoms. The number of aromatic nitrogens is 1. The number of rotatable bonds is 1. The molecule has 5 heteroatoms. The van der Waals surface area contributed by atoms with Gasteiger partial charge in [-0.1, -0.05) is 17.6 Å². The molecular formula is C21H22N4O. The molecule has 1 aliphatic rings. The first kappa shape index (κ1) is 17.6. The molecule has 1 saturated heterocycles. The van der Waals surface area contributed by atoms with E-state index in [2.05, 4.69) is 16.8 Å². The molecule has 0 bridgehead atoms. The fourth-order valence-corrected chi connectivity index (χ4v) is 2.86. The van der Waals surface area contributed by atoms with Crippen LogP contribution >= 0.6 is 0 Å². The molecule has 1 aromatic carbocycles. The van der Waals surface area contributed by atoms with Crippen molar-refractivity contribution in [3.8, 4) is 11.8 Å². The monoisotopic (exact) mass is 346 g/mol. The molecular weight excluding hydrogens is 324 g/mol. The molecule has 4 N–H and O–H groups in total. The van der Waals surface area contributed by atoms with Gasteiger partial charge in [0.25, 0.3) is 5.91 Å². The zero-order valence-corrected chi connectivity index (χ0v) is 14.8. The van der Waals surface area contributed by atoms with E-state index in [0.717, 1.165) is 24.2 Å². The van der Waals surface area contributed by atoms with E-state index in [1.54, 1.807) is 18.2 Å². The van der Waals surface area contributed by atoms with Crippen molar-refractivity contribution in [2.24, 2.45) is 0 Å². The standard InChI is InChI=1S/C21H22N4O/c1-15-4-2-6-18(24-15)7-3-5-16-10-12-25(13-11-16)21(26)17-8-9-19(22)20(23)14-17/h2,4-6,8-9,14H,10-13,22-23H2,1H3. The molecule has 3 rings (SSSR count). The summed E-state index contributed by atoms with van der Waals surface area (Å²) in [4.78, 5) is 18.8. The van der Waals surface area contributed by atoms with Gasteiger partial charge in [0, 0.05) is 24.3 Å². The number of likely N-dealkylation sites (tertiary alicyclic amines) is 1. The zero-order valence-electron chi connectivity index (χ0n) is 14.8. The minimum atomic E-state index is -0.00852. The first-order chi connectivity index (χ1) is 12.5.